The maximum Gasteiger partial charge on any atom is 0.0958 e. The Hall–Kier alpha value is -0.720. The number of allylic oxidation sites excluding steroid dienone is 4. The molecule has 0 saturated carbocycles. The predicted molar refractivity (Wildman–Crippen MR) is 54.0 cm³/mol. The van der Waals surface area contributed by atoms with Crippen LogP contribution in [0.1, 0.15) is 40.5 Å². The summed E-state index contributed by atoms with van der Waals surface area (Å²) in [5.41, 5.74) is 2.75. The number of hydrogen-bond acceptors (Lipinski definition) is 1. The zero-order valence-corrected chi connectivity index (χ0v) is 8.90. The molecule has 0 rings (SSSR count). The van der Waals surface area contributed by atoms with E-state index in [0.29, 0.717) is 0 Å². The molecule has 0 atom stereocenters. The highest BCUT2D eigenvalue weighted by atomic mass is 16.5. The molecule has 0 radical (unpaired) electrons. The quantitative estimate of drug-likeness (QED) is 0.459. The van der Waals surface area contributed by atoms with Crippen LogP contribution >= 0.6 is 0 Å². The zero-order valence-electron chi connectivity index (χ0n) is 8.90. The summed E-state index contributed by atoms with van der Waals surface area (Å²) < 4.78 is 5.23. The van der Waals surface area contributed by atoms with Crippen molar-refractivity contribution >= 4 is 0 Å². The fourth-order valence-corrected chi connectivity index (χ4v) is 1.42. The van der Waals surface area contributed by atoms with Crippen molar-refractivity contribution in [1.82, 2.24) is 0 Å². The van der Waals surface area contributed by atoms with Crippen molar-refractivity contribution in [3.8, 4) is 0 Å². The molecule has 12 heavy (non-hydrogen) atoms. The molecule has 0 aromatic carbocycles. The summed E-state index contributed by atoms with van der Waals surface area (Å²) in [5.74, 6) is 1.05. The van der Waals surface area contributed by atoms with Crippen LogP contribution in [-0.2, 0) is 4.74 Å². The molecule has 0 unspecified atom stereocenters. The second-order valence-electron chi connectivity index (χ2n) is 2.76. The lowest BCUT2D eigenvalue weighted by Crippen LogP contribution is -1.93. The van der Waals surface area contributed by atoms with E-state index in [9.17, 15) is 0 Å². The van der Waals surface area contributed by atoms with Gasteiger partial charge in [0, 0.05) is 0 Å². The van der Waals surface area contributed by atoms with Crippen molar-refractivity contribution in [2.75, 3.05) is 7.11 Å². The van der Waals surface area contributed by atoms with Gasteiger partial charge in [0.1, 0.15) is 0 Å². The van der Waals surface area contributed by atoms with Crippen LogP contribution in [0.5, 0.6) is 0 Å². The molecule has 0 saturated heterocycles. The predicted octanol–water partition coefficient (Wildman–Crippen LogP) is 3.67. The van der Waals surface area contributed by atoms with Crippen molar-refractivity contribution in [2.45, 2.75) is 40.5 Å². The number of methoxy groups -OCH3 is 1. The lowest BCUT2D eigenvalue weighted by Gasteiger charge is -2.11. The maximum absolute atomic E-state index is 5.23. The van der Waals surface area contributed by atoms with Crippen LogP contribution in [0.2, 0.25) is 0 Å². The van der Waals surface area contributed by atoms with Gasteiger partial charge in [-0.2, -0.15) is 0 Å². The molecule has 0 aromatic rings. The number of rotatable bonds is 4. The lowest BCUT2D eigenvalue weighted by molar-refractivity contribution is 0.288. The molecule has 0 amide bonds. The van der Waals surface area contributed by atoms with E-state index in [1.54, 1.807) is 7.11 Å². The van der Waals surface area contributed by atoms with Gasteiger partial charge in [-0.3, -0.25) is 0 Å². The maximum atomic E-state index is 5.23. The van der Waals surface area contributed by atoms with Gasteiger partial charge in [0.25, 0.3) is 0 Å². The lowest BCUT2D eigenvalue weighted by atomic mass is 10.00. The average molecular weight is 168 g/mol. The SMILES string of the molecule is C/C=C(CC)\C(CC)=C(/C)OC. The minimum Gasteiger partial charge on any atom is -0.501 e. The summed E-state index contributed by atoms with van der Waals surface area (Å²) in [5, 5.41) is 0. The van der Waals surface area contributed by atoms with E-state index in [1.165, 1.54) is 11.1 Å². The van der Waals surface area contributed by atoms with E-state index in [0.717, 1.165) is 18.6 Å². The van der Waals surface area contributed by atoms with E-state index >= 15 is 0 Å². The summed E-state index contributed by atoms with van der Waals surface area (Å²) in [6.07, 6.45) is 4.30. The molecule has 0 bridgehead atoms. The first kappa shape index (κ1) is 11.3. The Labute approximate surface area is 76.1 Å². The summed E-state index contributed by atoms with van der Waals surface area (Å²) in [7, 11) is 1.73. The Morgan fingerprint density at radius 2 is 1.83 bits per heavy atom. The van der Waals surface area contributed by atoms with Crippen molar-refractivity contribution in [2.24, 2.45) is 0 Å². The number of hydrogen-bond donors (Lipinski definition) is 0. The monoisotopic (exact) mass is 168 g/mol. The first-order chi connectivity index (χ1) is 5.71. The normalized spacial score (nSPS) is 14.2. The molecule has 1 heteroatoms. The topological polar surface area (TPSA) is 9.23 Å². The van der Waals surface area contributed by atoms with E-state index in [2.05, 4.69) is 26.8 Å². The van der Waals surface area contributed by atoms with Crippen LogP contribution in [0.4, 0.5) is 0 Å². The molecule has 0 fully saturated rings. The van der Waals surface area contributed by atoms with E-state index in [4.69, 9.17) is 4.74 Å². The molecule has 0 spiro atoms. The second-order valence-corrected chi connectivity index (χ2v) is 2.76. The second kappa shape index (κ2) is 5.87. The van der Waals surface area contributed by atoms with Crippen LogP contribution < -0.4 is 0 Å². The molecular formula is C11H20O. The Kier molecular flexibility index (Phi) is 5.52. The fraction of sp³-hybridized carbons (Fsp3) is 0.636. The van der Waals surface area contributed by atoms with Crippen LogP contribution in [0.15, 0.2) is 23.0 Å². The zero-order chi connectivity index (χ0) is 9.56. The molecule has 0 aromatic heterocycles. The highest BCUT2D eigenvalue weighted by Gasteiger charge is 2.04. The first-order valence-electron chi connectivity index (χ1n) is 4.60. The van der Waals surface area contributed by atoms with Gasteiger partial charge in [0.2, 0.25) is 0 Å². The summed E-state index contributed by atoms with van der Waals surface area (Å²) in [6, 6.07) is 0. The highest BCUT2D eigenvalue weighted by Crippen LogP contribution is 2.21. The van der Waals surface area contributed by atoms with E-state index in [-0.39, 0.29) is 0 Å². The Morgan fingerprint density at radius 1 is 1.25 bits per heavy atom. The third-order valence-corrected chi connectivity index (χ3v) is 2.20. The van der Waals surface area contributed by atoms with Gasteiger partial charge < -0.3 is 4.74 Å². The van der Waals surface area contributed by atoms with Gasteiger partial charge >= 0.3 is 0 Å². The molecule has 0 aliphatic carbocycles. The van der Waals surface area contributed by atoms with Crippen molar-refractivity contribution in [1.29, 1.82) is 0 Å². The van der Waals surface area contributed by atoms with Crippen molar-refractivity contribution in [3.05, 3.63) is 23.0 Å². The smallest absolute Gasteiger partial charge is 0.0958 e. The van der Waals surface area contributed by atoms with Gasteiger partial charge in [-0.25, -0.2) is 0 Å². The fourth-order valence-electron chi connectivity index (χ4n) is 1.42. The van der Waals surface area contributed by atoms with Gasteiger partial charge in [-0.1, -0.05) is 19.9 Å². The summed E-state index contributed by atoms with van der Waals surface area (Å²) >= 11 is 0. The van der Waals surface area contributed by atoms with Crippen molar-refractivity contribution < 1.29 is 4.74 Å². The van der Waals surface area contributed by atoms with Gasteiger partial charge in [0.15, 0.2) is 0 Å². The standard InChI is InChI=1S/C11H20O/c1-6-10(7-2)11(8-3)9(4)12-5/h6H,7-8H2,1-5H3/b10-6-,11-9+. The highest BCUT2D eigenvalue weighted by molar-refractivity contribution is 5.31. The van der Waals surface area contributed by atoms with Gasteiger partial charge in [-0.15, -0.1) is 0 Å². The van der Waals surface area contributed by atoms with Crippen LogP contribution in [0.25, 0.3) is 0 Å². The molecule has 1 nitrogen and oxygen atoms in total. The van der Waals surface area contributed by atoms with Gasteiger partial charge in [0.05, 0.1) is 12.9 Å². The third-order valence-electron chi connectivity index (χ3n) is 2.20. The average Bonchev–Trinajstić information content (AvgIpc) is 2.12. The largest absolute Gasteiger partial charge is 0.501 e. The van der Waals surface area contributed by atoms with Crippen molar-refractivity contribution in [3.63, 3.8) is 0 Å². The minimum atomic E-state index is 1.05. The third kappa shape index (κ3) is 2.72. The van der Waals surface area contributed by atoms with E-state index in [1.807, 2.05) is 6.92 Å². The van der Waals surface area contributed by atoms with Crippen LogP contribution in [-0.4, -0.2) is 7.11 Å². The molecule has 0 N–H and O–H groups in total. The Morgan fingerprint density at radius 3 is 2.08 bits per heavy atom. The van der Waals surface area contributed by atoms with Crippen LogP contribution in [0, 0.1) is 0 Å². The minimum absolute atomic E-state index is 1.05. The van der Waals surface area contributed by atoms with Gasteiger partial charge in [-0.05, 0) is 37.8 Å². The molecule has 0 aliphatic heterocycles. The van der Waals surface area contributed by atoms with E-state index < -0.39 is 0 Å². The Balaban J connectivity index is 4.76. The molecule has 70 valence electrons. The van der Waals surface area contributed by atoms with Crippen LogP contribution in [0.3, 0.4) is 0 Å². The first-order valence-corrected chi connectivity index (χ1v) is 4.60. The molecular weight excluding hydrogens is 148 g/mol. The number of ether oxygens (including phenoxy) is 1. The molecule has 0 heterocycles. The molecule has 0 aliphatic rings. The summed E-state index contributed by atoms with van der Waals surface area (Å²) in [4.78, 5) is 0. The Bertz CT molecular complexity index is 180. The summed E-state index contributed by atoms with van der Waals surface area (Å²) in [6.45, 7) is 8.44.